The second-order valence-electron chi connectivity index (χ2n) is 14.9. The maximum absolute atomic E-state index is 13.7. The number of aromatic hydroxyl groups is 2. The number of hydrogen-bond donors (Lipinski definition) is 2. The van der Waals surface area contributed by atoms with Crippen molar-refractivity contribution < 1.29 is 47.3 Å². The highest BCUT2D eigenvalue weighted by atomic mass is 19.4. The Morgan fingerprint density at radius 1 is 1.09 bits per heavy atom. The van der Waals surface area contributed by atoms with Gasteiger partial charge in [-0.2, -0.15) is 13.2 Å². The first-order valence-electron chi connectivity index (χ1n) is 16.6. The van der Waals surface area contributed by atoms with E-state index < -0.39 is 53.8 Å². The summed E-state index contributed by atoms with van der Waals surface area (Å²) in [6.07, 6.45) is 1.76. The van der Waals surface area contributed by atoms with Crippen LogP contribution in [0.4, 0.5) is 18.0 Å². The van der Waals surface area contributed by atoms with Gasteiger partial charge in [0.15, 0.2) is 0 Å². The van der Waals surface area contributed by atoms with E-state index >= 15 is 0 Å². The zero-order valence-electron chi connectivity index (χ0n) is 26.7. The lowest BCUT2D eigenvalue weighted by Gasteiger charge is -2.49. The van der Waals surface area contributed by atoms with E-state index in [1.54, 1.807) is 0 Å². The van der Waals surface area contributed by atoms with Gasteiger partial charge < -0.3 is 24.6 Å². The van der Waals surface area contributed by atoms with Crippen molar-refractivity contribution in [3.05, 3.63) is 34.9 Å². The quantitative estimate of drug-likeness (QED) is 0.287. The Morgan fingerprint density at radius 2 is 1.80 bits per heavy atom. The van der Waals surface area contributed by atoms with Gasteiger partial charge in [-0.05, 0) is 86.5 Å². The number of amides is 1. The molecule has 6 aliphatic rings. The van der Waals surface area contributed by atoms with Crippen molar-refractivity contribution in [3.8, 4) is 11.8 Å². The van der Waals surface area contributed by atoms with E-state index in [9.17, 15) is 33.0 Å². The number of halogens is 3. The Hall–Kier alpha value is -3.15. The molecule has 2 saturated heterocycles. The van der Waals surface area contributed by atoms with Crippen molar-refractivity contribution in [3.63, 3.8) is 0 Å². The summed E-state index contributed by atoms with van der Waals surface area (Å²) in [7, 11) is 0. The molecule has 12 heteroatoms. The van der Waals surface area contributed by atoms with E-state index in [4.69, 9.17) is 14.3 Å². The number of carbonyl (C=O) groups excluding carboxylic acids is 2. The molecule has 0 radical (unpaired) electrons. The molecule has 2 saturated carbocycles. The Balaban J connectivity index is 1.09. The number of piperidine rings is 1. The maximum Gasteiger partial charge on any atom is 0.534 e. The highest BCUT2D eigenvalue weighted by Gasteiger charge is 2.63. The average molecular weight is 649 g/mol. The smallest absolute Gasteiger partial charge is 0.492 e. The predicted molar refractivity (Wildman–Crippen MR) is 158 cm³/mol. The lowest BCUT2D eigenvalue weighted by Crippen LogP contribution is -2.57. The lowest BCUT2D eigenvalue weighted by atomic mass is 9.56. The number of aromatic nitrogens is 1. The molecule has 2 N–H and O–H groups in total. The molecule has 7 rings (SSSR count). The van der Waals surface area contributed by atoms with Crippen LogP contribution >= 0.6 is 0 Å². The Morgan fingerprint density at radius 3 is 2.50 bits per heavy atom. The van der Waals surface area contributed by atoms with Gasteiger partial charge in [0, 0.05) is 31.0 Å². The van der Waals surface area contributed by atoms with Crippen LogP contribution in [0.1, 0.15) is 79.1 Å². The van der Waals surface area contributed by atoms with Crippen molar-refractivity contribution >= 4 is 12.1 Å². The zero-order chi connectivity index (χ0) is 32.9. The summed E-state index contributed by atoms with van der Waals surface area (Å²) in [6.45, 7) is 8.41. The van der Waals surface area contributed by atoms with Crippen LogP contribution in [0.25, 0.3) is 0 Å². The van der Waals surface area contributed by atoms with Gasteiger partial charge in [-0.3, -0.25) is 9.63 Å². The molecule has 9 nitrogen and oxygen atoms in total. The van der Waals surface area contributed by atoms with Crippen molar-refractivity contribution in [2.75, 3.05) is 6.54 Å². The van der Waals surface area contributed by atoms with Gasteiger partial charge in [0.25, 0.3) is 0 Å². The fraction of sp³-hybridized carbons (Fsp3) is 0.706. The molecule has 1 amide bonds. The van der Waals surface area contributed by atoms with E-state index in [0.29, 0.717) is 41.7 Å². The molecule has 1 aromatic heterocycles. The summed E-state index contributed by atoms with van der Waals surface area (Å²) in [6, 6.07) is 1.80. The first kappa shape index (κ1) is 31.4. The van der Waals surface area contributed by atoms with E-state index in [1.165, 1.54) is 23.3 Å². The molecule has 46 heavy (non-hydrogen) atoms. The van der Waals surface area contributed by atoms with Crippen molar-refractivity contribution in [1.82, 2.24) is 9.63 Å². The number of hydrogen-bond acceptors (Lipinski definition) is 7. The third kappa shape index (κ3) is 4.67. The fourth-order valence-electron chi connectivity index (χ4n) is 10.5. The van der Waals surface area contributed by atoms with Crippen LogP contribution in [0, 0.1) is 35.0 Å². The number of fused-ring (bicyclic) bond motifs is 6. The molecule has 252 valence electrons. The van der Waals surface area contributed by atoms with Gasteiger partial charge in [-0.25, -0.2) is 4.79 Å². The van der Waals surface area contributed by atoms with Crippen molar-refractivity contribution in [1.29, 1.82) is 0 Å². The number of ether oxygens (including phenoxy) is 2. The monoisotopic (exact) mass is 648 g/mol. The van der Waals surface area contributed by atoms with Crippen LogP contribution in [0.5, 0.6) is 11.8 Å². The minimum atomic E-state index is -4.91. The van der Waals surface area contributed by atoms with Gasteiger partial charge >= 0.3 is 18.2 Å². The fourth-order valence-corrected chi connectivity index (χ4v) is 10.5. The molecule has 10 atom stereocenters. The molecular formula is C34H43F3N2O7. The highest BCUT2D eigenvalue weighted by Crippen LogP contribution is 2.65. The maximum atomic E-state index is 13.7. The standard InChI is InChI=1S/C34H43F3N2O7/c1-17-13-26-29(38(16-17)30(42)34(35,36)37)19(3)33(45-26)12-10-22-23-6-5-20-14-21(44-31(43)46-39-27(40)7-8-28(39)41)9-11-32(20,4)25(23)15-24(22)18(33)2/h5,7-8,17,19,21-23,25-26,29,40-41H,6,9-16H2,1-4H3/t17-,19+,21-,22-,23-,25-,26+,29-,32-,33?/m0/s1. The Kier molecular flexibility index (Phi) is 7.30. The minimum absolute atomic E-state index is 0.0767. The van der Waals surface area contributed by atoms with Crippen LogP contribution in [0.15, 0.2) is 34.9 Å². The first-order valence-corrected chi connectivity index (χ1v) is 16.6. The normalized spacial score (nSPS) is 40.2. The molecule has 1 unspecified atom stereocenters. The van der Waals surface area contributed by atoms with Gasteiger partial charge in [-0.15, -0.1) is 4.73 Å². The SMILES string of the molecule is CC1=C2C[C@H]3[C@@H](CC=C4C[C@@H](OC(=O)On5c(O)ccc5O)CC[C@@]43C)[C@@H]2CCC12O[C@@H]1C[C@H](C)CN(C(=O)C(F)(F)F)[C@H]1[C@H]2C. The molecule has 1 spiro atoms. The van der Waals surface area contributed by atoms with Gasteiger partial charge in [0.05, 0.1) is 17.7 Å². The number of nitrogens with zero attached hydrogens (tertiary/aromatic N) is 2. The summed E-state index contributed by atoms with van der Waals surface area (Å²) < 4.78 is 54.1. The number of rotatable bonds is 2. The van der Waals surface area contributed by atoms with E-state index in [-0.39, 0.29) is 23.8 Å². The van der Waals surface area contributed by atoms with E-state index in [2.05, 4.69) is 19.9 Å². The first-order chi connectivity index (χ1) is 21.6. The summed E-state index contributed by atoms with van der Waals surface area (Å²) >= 11 is 0. The van der Waals surface area contributed by atoms with Crippen LogP contribution in [0.2, 0.25) is 0 Å². The van der Waals surface area contributed by atoms with Crippen LogP contribution < -0.4 is 4.84 Å². The van der Waals surface area contributed by atoms with Crippen LogP contribution in [0.3, 0.4) is 0 Å². The minimum Gasteiger partial charge on any atom is -0.492 e. The summed E-state index contributed by atoms with van der Waals surface area (Å²) in [4.78, 5) is 31.1. The van der Waals surface area contributed by atoms with Gasteiger partial charge in [0.2, 0.25) is 11.8 Å². The molecule has 3 heterocycles. The number of carbonyl (C=O) groups is 2. The van der Waals surface area contributed by atoms with Crippen LogP contribution in [-0.2, 0) is 14.3 Å². The molecule has 4 aliphatic carbocycles. The second kappa shape index (κ2) is 10.7. The second-order valence-corrected chi connectivity index (χ2v) is 14.9. The summed E-state index contributed by atoms with van der Waals surface area (Å²) in [5.74, 6) is -1.68. The number of alkyl halides is 3. The zero-order valence-corrected chi connectivity index (χ0v) is 26.7. The Labute approximate surface area is 266 Å². The third-order valence-electron chi connectivity index (χ3n) is 12.7. The van der Waals surface area contributed by atoms with E-state index in [1.807, 2.05) is 13.8 Å². The van der Waals surface area contributed by atoms with Gasteiger partial charge in [0.1, 0.15) is 6.10 Å². The largest absolute Gasteiger partial charge is 0.534 e. The molecule has 0 bridgehead atoms. The molecule has 4 fully saturated rings. The molecule has 2 aliphatic heterocycles. The lowest BCUT2D eigenvalue weighted by molar-refractivity contribution is -0.192. The molecule has 0 aromatic carbocycles. The van der Waals surface area contributed by atoms with Gasteiger partial charge in [-0.1, -0.05) is 38.0 Å². The number of likely N-dealkylation sites (tertiary alicyclic amines) is 1. The summed E-state index contributed by atoms with van der Waals surface area (Å²) in [5.41, 5.74) is 3.06. The molecular weight excluding hydrogens is 605 g/mol. The number of allylic oxidation sites excluding steroid dienone is 2. The highest BCUT2D eigenvalue weighted by molar-refractivity contribution is 5.82. The average Bonchev–Trinajstić information content (AvgIpc) is 3.62. The van der Waals surface area contributed by atoms with E-state index in [0.717, 1.165) is 42.6 Å². The predicted octanol–water partition coefficient (Wildman–Crippen LogP) is 6.29. The molecule has 1 aromatic rings. The van der Waals surface area contributed by atoms with Crippen molar-refractivity contribution in [2.24, 2.45) is 35.0 Å². The topological polar surface area (TPSA) is 110 Å². The third-order valence-corrected chi connectivity index (χ3v) is 12.7. The van der Waals surface area contributed by atoms with Crippen LogP contribution in [-0.4, -0.2) is 68.5 Å². The Bertz CT molecular complexity index is 1480. The van der Waals surface area contributed by atoms with Crippen molar-refractivity contribution in [2.45, 2.75) is 109 Å². The summed E-state index contributed by atoms with van der Waals surface area (Å²) in [5, 5.41) is 19.5.